The van der Waals surface area contributed by atoms with Crippen LogP contribution in [0, 0.1) is 19.8 Å². The van der Waals surface area contributed by atoms with Crippen LogP contribution in [0.25, 0.3) is 0 Å². The van der Waals surface area contributed by atoms with Crippen molar-refractivity contribution < 1.29 is 4.79 Å². The lowest BCUT2D eigenvalue weighted by Crippen LogP contribution is -2.51. The standard InChI is InChI=1S/C21H27N5O/c1-15-6-8-18(9-7-15)23-19-14-16(2)22-21(24-19)26-12-10-25(11-13-26)20(27)17-4-3-5-17/h6-9,14,17H,3-5,10-13H2,1-2H3,(H,22,23,24). The summed E-state index contributed by atoms with van der Waals surface area (Å²) >= 11 is 0. The highest BCUT2D eigenvalue weighted by Crippen LogP contribution is 2.29. The summed E-state index contributed by atoms with van der Waals surface area (Å²) in [7, 11) is 0. The number of nitrogens with zero attached hydrogens (tertiary/aromatic N) is 4. The fourth-order valence-corrected chi connectivity index (χ4v) is 3.58. The third-order valence-corrected chi connectivity index (χ3v) is 5.49. The van der Waals surface area contributed by atoms with E-state index in [4.69, 9.17) is 4.98 Å². The minimum absolute atomic E-state index is 0.275. The van der Waals surface area contributed by atoms with E-state index >= 15 is 0 Å². The minimum atomic E-state index is 0.275. The molecule has 2 aromatic rings. The molecule has 6 heteroatoms. The second kappa shape index (κ2) is 7.55. The lowest BCUT2D eigenvalue weighted by atomic mass is 9.84. The second-order valence-corrected chi connectivity index (χ2v) is 7.63. The van der Waals surface area contributed by atoms with E-state index in [2.05, 4.69) is 46.4 Å². The smallest absolute Gasteiger partial charge is 0.227 e. The number of rotatable bonds is 4. The van der Waals surface area contributed by atoms with Crippen LogP contribution in [0.1, 0.15) is 30.5 Å². The van der Waals surface area contributed by atoms with Crippen LogP contribution in [0.3, 0.4) is 0 Å². The van der Waals surface area contributed by atoms with Crippen molar-refractivity contribution in [2.45, 2.75) is 33.1 Å². The maximum Gasteiger partial charge on any atom is 0.227 e. The molecule has 1 aliphatic heterocycles. The molecule has 1 saturated carbocycles. The van der Waals surface area contributed by atoms with Crippen LogP contribution in [-0.2, 0) is 4.79 Å². The quantitative estimate of drug-likeness (QED) is 0.901. The van der Waals surface area contributed by atoms with E-state index in [0.29, 0.717) is 5.91 Å². The average molecular weight is 365 g/mol. The van der Waals surface area contributed by atoms with E-state index in [1.165, 1.54) is 12.0 Å². The Morgan fingerprint density at radius 1 is 1.04 bits per heavy atom. The SMILES string of the molecule is Cc1ccc(Nc2cc(C)nc(N3CCN(C(=O)C4CCC4)CC3)n2)cc1. The molecular weight excluding hydrogens is 338 g/mol. The summed E-state index contributed by atoms with van der Waals surface area (Å²) in [4.78, 5) is 25.9. The first-order valence-corrected chi connectivity index (χ1v) is 9.81. The molecule has 0 radical (unpaired) electrons. The summed E-state index contributed by atoms with van der Waals surface area (Å²) in [5, 5.41) is 3.37. The number of aromatic nitrogens is 2. The largest absolute Gasteiger partial charge is 0.340 e. The fraction of sp³-hybridized carbons (Fsp3) is 0.476. The van der Waals surface area contributed by atoms with Crippen molar-refractivity contribution in [1.82, 2.24) is 14.9 Å². The van der Waals surface area contributed by atoms with Crippen LogP contribution in [0.5, 0.6) is 0 Å². The molecule has 1 saturated heterocycles. The highest BCUT2D eigenvalue weighted by molar-refractivity contribution is 5.79. The van der Waals surface area contributed by atoms with E-state index in [0.717, 1.165) is 62.2 Å². The number of carbonyl (C=O) groups is 1. The molecule has 0 atom stereocenters. The van der Waals surface area contributed by atoms with Gasteiger partial charge >= 0.3 is 0 Å². The first-order chi connectivity index (χ1) is 13.1. The Balaban J connectivity index is 1.42. The van der Waals surface area contributed by atoms with Gasteiger partial charge in [-0.25, -0.2) is 4.98 Å². The van der Waals surface area contributed by atoms with E-state index in [-0.39, 0.29) is 5.92 Å². The van der Waals surface area contributed by atoms with E-state index in [1.54, 1.807) is 0 Å². The first kappa shape index (κ1) is 17.8. The van der Waals surface area contributed by atoms with Crippen molar-refractivity contribution in [2.75, 3.05) is 36.4 Å². The Bertz CT molecular complexity index is 808. The van der Waals surface area contributed by atoms with E-state index < -0.39 is 0 Å². The number of aryl methyl sites for hydroxylation is 2. The molecule has 142 valence electrons. The predicted octanol–water partition coefficient (Wildman–Crippen LogP) is 3.29. The van der Waals surface area contributed by atoms with Gasteiger partial charge in [-0.1, -0.05) is 24.1 Å². The van der Waals surface area contributed by atoms with Crippen molar-refractivity contribution in [1.29, 1.82) is 0 Å². The third-order valence-electron chi connectivity index (χ3n) is 5.49. The van der Waals surface area contributed by atoms with Crippen LogP contribution < -0.4 is 10.2 Å². The van der Waals surface area contributed by atoms with E-state index in [9.17, 15) is 4.79 Å². The highest BCUT2D eigenvalue weighted by Gasteiger charge is 2.31. The number of anilines is 3. The number of hydrogen-bond acceptors (Lipinski definition) is 5. The van der Waals surface area contributed by atoms with Gasteiger partial charge in [-0.05, 0) is 38.8 Å². The Morgan fingerprint density at radius 3 is 2.37 bits per heavy atom. The van der Waals surface area contributed by atoms with Gasteiger partial charge in [-0.2, -0.15) is 4.98 Å². The van der Waals surface area contributed by atoms with Crippen molar-refractivity contribution in [3.05, 3.63) is 41.6 Å². The molecule has 6 nitrogen and oxygen atoms in total. The molecule has 2 heterocycles. The summed E-state index contributed by atoms with van der Waals surface area (Å²) < 4.78 is 0. The average Bonchev–Trinajstić information content (AvgIpc) is 2.62. The molecule has 0 unspecified atom stereocenters. The second-order valence-electron chi connectivity index (χ2n) is 7.63. The number of nitrogens with one attached hydrogen (secondary N) is 1. The lowest BCUT2D eigenvalue weighted by molar-refractivity contribution is -0.138. The molecule has 1 aromatic heterocycles. The fourth-order valence-electron chi connectivity index (χ4n) is 3.58. The highest BCUT2D eigenvalue weighted by atomic mass is 16.2. The summed E-state index contributed by atoms with van der Waals surface area (Å²) in [6.45, 7) is 7.15. The van der Waals surface area contributed by atoms with Crippen LogP contribution >= 0.6 is 0 Å². The molecule has 27 heavy (non-hydrogen) atoms. The van der Waals surface area contributed by atoms with Crippen molar-refractivity contribution in [3.63, 3.8) is 0 Å². The zero-order valence-corrected chi connectivity index (χ0v) is 16.1. The van der Waals surface area contributed by atoms with Crippen molar-refractivity contribution in [3.8, 4) is 0 Å². The van der Waals surface area contributed by atoms with Crippen LogP contribution in [0.4, 0.5) is 17.5 Å². The minimum Gasteiger partial charge on any atom is -0.340 e. The molecule has 0 bridgehead atoms. The molecule has 1 N–H and O–H groups in total. The summed E-state index contributed by atoms with van der Waals surface area (Å²) in [5.74, 6) is 2.15. The lowest BCUT2D eigenvalue weighted by Gasteiger charge is -2.38. The Hall–Kier alpha value is -2.63. The summed E-state index contributed by atoms with van der Waals surface area (Å²) in [6.07, 6.45) is 3.33. The number of benzene rings is 1. The van der Waals surface area contributed by atoms with Gasteiger partial charge in [0.2, 0.25) is 11.9 Å². The van der Waals surface area contributed by atoms with Gasteiger partial charge in [-0.3, -0.25) is 4.79 Å². The van der Waals surface area contributed by atoms with Gasteiger partial charge in [0.1, 0.15) is 5.82 Å². The zero-order chi connectivity index (χ0) is 18.8. The summed E-state index contributed by atoms with van der Waals surface area (Å²) in [5.41, 5.74) is 3.18. The first-order valence-electron chi connectivity index (χ1n) is 9.81. The molecule has 1 aromatic carbocycles. The van der Waals surface area contributed by atoms with Gasteiger partial charge in [0.25, 0.3) is 0 Å². The molecular formula is C21H27N5O. The summed E-state index contributed by atoms with van der Waals surface area (Å²) in [6, 6.07) is 10.2. The van der Waals surface area contributed by atoms with Gasteiger partial charge in [0.15, 0.2) is 0 Å². The molecule has 1 aliphatic carbocycles. The Labute approximate surface area is 160 Å². The Kier molecular flexibility index (Phi) is 4.97. The van der Waals surface area contributed by atoms with Gasteiger partial charge < -0.3 is 15.1 Å². The molecule has 1 amide bonds. The molecule has 2 fully saturated rings. The molecule has 4 rings (SSSR count). The molecule has 0 spiro atoms. The van der Waals surface area contributed by atoms with Gasteiger partial charge in [-0.15, -0.1) is 0 Å². The maximum atomic E-state index is 12.4. The predicted molar refractivity (Wildman–Crippen MR) is 107 cm³/mol. The van der Waals surface area contributed by atoms with Crippen LogP contribution in [-0.4, -0.2) is 47.0 Å². The van der Waals surface area contributed by atoms with E-state index in [1.807, 2.05) is 17.9 Å². The maximum absolute atomic E-state index is 12.4. The monoisotopic (exact) mass is 365 g/mol. The van der Waals surface area contributed by atoms with Gasteiger partial charge in [0, 0.05) is 49.5 Å². The van der Waals surface area contributed by atoms with Crippen LogP contribution in [0.15, 0.2) is 30.3 Å². The van der Waals surface area contributed by atoms with Crippen LogP contribution in [0.2, 0.25) is 0 Å². The molecule has 2 aliphatic rings. The van der Waals surface area contributed by atoms with Crippen molar-refractivity contribution in [2.24, 2.45) is 5.92 Å². The number of piperazine rings is 1. The topological polar surface area (TPSA) is 61.4 Å². The van der Waals surface area contributed by atoms with Gasteiger partial charge in [0.05, 0.1) is 0 Å². The Morgan fingerprint density at radius 2 is 1.74 bits per heavy atom. The van der Waals surface area contributed by atoms with Crippen molar-refractivity contribution >= 4 is 23.4 Å². The number of hydrogen-bond donors (Lipinski definition) is 1. The number of carbonyl (C=O) groups excluding carboxylic acids is 1. The zero-order valence-electron chi connectivity index (χ0n) is 16.1. The normalized spacial score (nSPS) is 17.6. The third kappa shape index (κ3) is 4.04. The number of amides is 1.